The number of amides is 4. The molecule has 3 aliphatic heterocycles. The van der Waals surface area contributed by atoms with Gasteiger partial charge in [-0.3, -0.25) is 9.59 Å². The molecule has 0 aromatic carbocycles. The predicted molar refractivity (Wildman–Crippen MR) is 63.0 cm³/mol. The molecule has 21 heavy (non-hydrogen) atoms. The van der Waals surface area contributed by atoms with Crippen LogP contribution in [0.25, 0.3) is 0 Å². The van der Waals surface area contributed by atoms with E-state index in [1.165, 1.54) is 4.90 Å². The fourth-order valence-electron chi connectivity index (χ4n) is 3.27. The molecule has 0 unspecified atom stereocenters. The van der Waals surface area contributed by atoms with Crippen LogP contribution in [0.3, 0.4) is 0 Å². The first-order valence-electron chi connectivity index (χ1n) is 6.79. The van der Waals surface area contributed by atoms with Gasteiger partial charge in [-0.2, -0.15) is 13.2 Å². The average molecular weight is 305 g/mol. The molecule has 0 aromatic rings. The summed E-state index contributed by atoms with van der Waals surface area (Å²) >= 11 is 0. The lowest BCUT2D eigenvalue weighted by molar-refractivity contribution is -0.159. The van der Waals surface area contributed by atoms with Crippen LogP contribution in [0.2, 0.25) is 0 Å². The van der Waals surface area contributed by atoms with E-state index in [4.69, 9.17) is 0 Å². The molecular weight excluding hydrogens is 291 g/mol. The van der Waals surface area contributed by atoms with E-state index in [0.717, 1.165) is 11.3 Å². The minimum absolute atomic E-state index is 0.0625. The fraction of sp³-hybridized carbons (Fsp3) is 0.750. The molecule has 0 aliphatic carbocycles. The molecule has 9 heteroatoms. The van der Waals surface area contributed by atoms with E-state index >= 15 is 0 Å². The maximum Gasteiger partial charge on any atom is 0.406 e. The van der Waals surface area contributed by atoms with Gasteiger partial charge in [0.15, 0.2) is 0 Å². The number of imide groups is 1. The summed E-state index contributed by atoms with van der Waals surface area (Å²) in [7, 11) is 0. The van der Waals surface area contributed by atoms with Crippen LogP contribution in [0, 0.1) is 0 Å². The van der Waals surface area contributed by atoms with Crippen molar-refractivity contribution < 1.29 is 27.6 Å². The number of carbonyl (C=O) groups excluding carboxylic acids is 3. The second-order valence-electron chi connectivity index (χ2n) is 5.52. The van der Waals surface area contributed by atoms with E-state index < -0.39 is 42.7 Å². The van der Waals surface area contributed by atoms with Crippen LogP contribution in [0.5, 0.6) is 0 Å². The van der Waals surface area contributed by atoms with Gasteiger partial charge in [-0.05, 0) is 19.3 Å². The molecule has 0 radical (unpaired) electrons. The number of alkyl halides is 3. The summed E-state index contributed by atoms with van der Waals surface area (Å²) in [5.74, 6) is -1.25. The van der Waals surface area contributed by atoms with Gasteiger partial charge in [0.1, 0.15) is 18.6 Å². The lowest BCUT2D eigenvalue weighted by Gasteiger charge is -2.22. The first-order chi connectivity index (χ1) is 9.79. The van der Waals surface area contributed by atoms with Crippen molar-refractivity contribution in [1.29, 1.82) is 0 Å². The van der Waals surface area contributed by atoms with Gasteiger partial charge in [0.25, 0.3) is 5.91 Å². The number of halogens is 3. The van der Waals surface area contributed by atoms with Crippen LogP contribution in [-0.2, 0) is 9.59 Å². The molecule has 0 aromatic heterocycles. The van der Waals surface area contributed by atoms with Crippen molar-refractivity contribution in [3.05, 3.63) is 0 Å². The number of fused-ring (bicyclic) bond motifs is 1. The van der Waals surface area contributed by atoms with E-state index in [9.17, 15) is 27.6 Å². The van der Waals surface area contributed by atoms with Crippen molar-refractivity contribution in [2.45, 2.75) is 37.5 Å². The highest BCUT2D eigenvalue weighted by molar-refractivity contribution is 6.08. The van der Waals surface area contributed by atoms with E-state index in [0.29, 0.717) is 17.9 Å². The van der Waals surface area contributed by atoms with Crippen molar-refractivity contribution in [3.8, 4) is 0 Å². The van der Waals surface area contributed by atoms with Gasteiger partial charge in [0.05, 0.1) is 0 Å². The Kier molecular flexibility index (Phi) is 3.10. The lowest BCUT2D eigenvalue weighted by Crippen LogP contribution is -2.47. The highest BCUT2D eigenvalue weighted by Crippen LogP contribution is 2.32. The summed E-state index contributed by atoms with van der Waals surface area (Å²) in [5.41, 5.74) is 0. The molecular formula is C12H14F3N3O3. The third-order valence-electron chi connectivity index (χ3n) is 4.18. The van der Waals surface area contributed by atoms with E-state index in [2.05, 4.69) is 0 Å². The van der Waals surface area contributed by atoms with Crippen LogP contribution >= 0.6 is 0 Å². The molecule has 0 bridgehead atoms. The third kappa shape index (κ3) is 2.24. The number of rotatable bonds is 2. The van der Waals surface area contributed by atoms with Crippen molar-refractivity contribution in [1.82, 2.24) is 14.7 Å². The smallest absolute Gasteiger partial charge is 0.332 e. The normalized spacial score (nSPS) is 29.9. The zero-order chi connectivity index (χ0) is 15.4. The minimum atomic E-state index is -4.48. The van der Waals surface area contributed by atoms with Gasteiger partial charge in [0, 0.05) is 13.1 Å². The Balaban J connectivity index is 1.75. The van der Waals surface area contributed by atoms with Crippen LogP contribution in [-0.4, -0.2) is 70.4 Å². The molecule has 4 amide bonds. The summed E-state index contributed by atoms with van der Waals surface area (Å²) in [6, 6.07) is -2.17. The quantitative estimate of drug-likeness (QED) is 0.701. The third-order valence-corrected chi connectivity index (χ3v) is 4.18. The van der Waals surface area contributed by atoms with Gasteiger partial charge in [0.2, 0.25) is 5.91 Å². The molecule has 0 N–H and O–H groups in total. The predicted octanol–water partition coefficient (Wildman–Crippen LogP) is 0.576. The number of hydrogen-bond donors (Lipinski definition) is 0. The Labute approximate surface area is 118 Å². The number of hydrogen-bond acceptors (Lipinski definition) is 3. The van der Waals surface area contributed by atoms with Crippen LogP contribution in [0.4, 0.5) is 18.0 Å². The van der Waals surface area contributed by atoms with Gasteiger partial charge >= 0.3 is 12.2 Å². The van der Waals surface area contributed by atoms with E-state index in [-0.39, 0.29) is 13.0 Å². The molecule has 116 valence electrons. The maximum absolute atomic E-state index is 12.4. The molecule has 3 heterocycles. The second kappa shape index (κ2) is 4.60. The Hall–Kier alpha value is -1.80. The zero-order valence-electron chi connectivity index (χ0n) is 11.1. The summed E-state index contributed by atoms with van der Waals surface area (Å²) in [4.78, 5) is 39.3. The minimum Gasteiger partial charge on any atom is -0.332 e. The Morgan fingerprint density at radius 1 is 1.00 bits per heavy atom. The fourth-order valence-corrected chi connectivity index (χ4v) is 3.27. The van der Waals surface area contributed by atoms with Crippen LogP contribution in [0.1, 0.15) is 19.3 Å². The lowest BCUT2D eigenvalue weighted by atomic mass is 10.1. The zero-order valence-corrected chi connectivity index (χ0v) is 11.1. The maximum atomic E-state index is 12.4. The summed E-state index contributed by atoms with van der Waals surface area (Å²) in [6.45, 7) is -0.977. The number of nitrogens with zero attached hydrogens (tertiary/aromatic N) is 3. The summed E-state index contributed by atoms with van der Waals surface area (Å²) in [6.07, 6.45) is -3.14. The van der Waals surface area contributed by atoms with Crippen LogP contribution in [0.15, 0.2) is 0 Å². The van der Waals surface area contributed by atoms with E-state index in [1.807, 2.05) is 0 Å². The molecule has 2 atom stereocenters. The van der Waals surface area contributed by atoms with Gasteiger partial charge in [-0.25, -0.2) is 9.69 Å². The number of urea groups is 1. The van der Waals surface area contributed by atoms with Gasteiger partial charge in [-0.1, -0.05) is 0 Å². The topological polar surface area (TPSA) is 60.9 Å². The molecule has 6 nitrogen and oxygen atoms in total. The first-order valence-corrected chi connectivity index (χ1v) is 6.79. The molecule has 3 aliphatic rings. The van der Waals surface area contributed by atoms with Crippen molar-refractivity contribution >= 4 is 17.8 Å². The largest absolute Gasteiger partial charge is 0.406 e. The number of likely N-dealkylation sites (tertiary alicyclic amines) is 1. The molecule has 3 saturated heterocycles. The van der Waals surface area contributed by atoms with E-state index in [1.54, 1.807) is 0 Å². The van der Waals surface area contributed by atoms with Gasteiger partial charge in [-0.15, -0.1) is 0 Å². The van der Waals surface area contributed by atoms with Gasteiger partial charge < -0.3 is 9.80 Å². The second-order valence-corrected chi connectivity index (χ2v) is 5.52. The van der Waals surface area contributed by atoms with Crippen LogP contribution < -0.4 is 0 Å². The molecule has 3 fully saturated rings. The molecule has 0 spiro atoms. The SMILES string of the molecule is O=C1[C@H](N2C(=O)[C@@H]3CCCN3C2=O)CCN1CC(F)(F)F. The Morgan fingerprint density at radius 2 is 1.71 bits per heavy atom. The monoisotopic (exact) mass is 305 g/mol. The Bertz CT molecular complexity index is 486. The first kappa shape index (κ1) is 14.2. The highest BCUT2D eigenvalue weighted by Gasteiger charge is 2.53. The average Bonchev–Trinajstić information content (AvgIpc) is 3.02. The standard InChI is InChI=1S/C12H14F3N3O3/c13-12(14,15)6-16-5-3-8(9(16)19)18-10(20)7-2-1-4-17(7)11(18)21/h7-8H,1-6H2/t7-,8+/m0/s1. The number of carbonyl (C=O) groups is 3. The summed E-state index contributed by atoms with van der Waals surface area (Å²) < 4.78 is 37.1. The van der Waals surface area contributed by atoms with Crippen molar-refractivity contribution in [3.63, 3.8) is 0 Å². The van der Waals surface area contributed by atoms with Crippen molar-refractivity contribution in [2.24, 2.45) is 0 Å². The molecule has 3 rings (SSSR count). The molecule has 0 saturated carbocycles. The van der Waals surface area contributed by atoms with Crippen molar-refractivity contribution in [2.75, 3.05) is 19.6 Å². The highest BCUT2D eigenvalue weighted by atomic mass is 19.4. The Morgan fingerprint density at radius 3 is 2.33 bits per heavy atom. The summed E-state index contributed by atoms with van der Waals surface area (Å²) in [5, 5.41) is 0.